The van der Waals surface area contributed by atoms with Crippen LogP contribution in [0.3, 0.4) is 0 Å². The molecule has 3 N–H and O–H groups in total. The Bertz CT molecular complexity index is 2720. The van der Waals surface area contributed by atoms with Crippen LogP contribution in [-0.4, -0.2) is 114 Å². The van der Waals surface area contributed by atoms with Crippen molar-refractivity contribution >= 4 is 62.7 Å². The van der Waals surface area contributed by atoms with Crippen LogP contribution >= 0.6 is 0 Å². The number of imidazole rings is 1. The van der Waals surface area contributed by atoms with Crippen LogP contribution in [0.2, 0.25) is 0 Å². The Balaban J connectivity index is 0.690. The maximum absolute atomic E-state index is 13.5. The summed E-state index contributed by atoms with van der Waals surface area (Å²) in [7, 11) is 0. The first-order valence-electron chi connectivity index (χ1n) is 21.2. The first-order valence-corrected chi connectivity index (χ1v) is 21.2. The van der Waals surface area contributed by atoms with Crippen molar-refractivity contribution in [3.63, 3.8) is 0 Å². The molecule has 4 aliphatic rings. The molecule has 1 atom stereocenters. The number of pyridine rings is 1. The average molecular weight is 841 g/mol. The van der Waals surface area contributed by atoms with Gasteiger partial charge in [0.05, 0.1) is 11.7 Å². The third-order valence-electron chi connectivity index (χ3n) is 12.7. The molecule has 3 amide bonds. The van der Waals surface area contributed by atoms with Crippen molar-refractivity contribution in [2.75, 3.05) is 60.9 Å². The van der Waals surface area contributed by atoms with Gasteiger partial charge in [0.15, 0.2) is 17.0 Å². The highest BCUT2D eigenvalue weighted by molar-refractivity contribution is 5.99. The molecular formula is C43H45FN14O4. The van der Waals surface area contributed by atoms with Gasteiger partial charge in [-0.2, -0.15) is 9.07 Å². The predicted octanol–water partition coefficient (Wildman–Crippen LogP) is 3.36. The largest absolute Gasteiger partial charge is 0.371 e. The number of anilines is 4. The molecule has 62 heavy (non-hydrogen) atoms. The Kier molecular flexibility index (Phi) is 10.5. The van der Waals surface area contributed by atoms with Crippen molar-refractivity contribution in [2.24, 2.45) is 5.92 Å². The number of imide groups is 1. The van der Waals surface area contributed by atoms with Crippen LogP contribution < -0.4 is 31.3 Å². The number of hydrogen-bond acceptors (Lipinski definition) is 14. The van der Waals surface area contributed by atoms with Gasteiger partial charge in [0, 0.05) is 81.4 Å². The standard InChI is InChI=1S/C43H45FN14O4/c44-36-3-1-2-34(50-36)41(60)49-28-20-31(21-28)57-25-47-38-39(45-24-46-40(38)57)48-27-4-6-29(7-5-27)56-18-16-54(17-19-56)23-26-12-14-55(15-13-26)30-8-9-33-32(22-30)43(62)58(53-52-33)35-10-11-37(59)51-42(35)61/h1-9,22,24-26,28,31,35H,10-21,23H2,(H,49,60)(H,45,46,48)(H,51,59,61). The van der Waals surface area contributed by atoms with Gasteiger partial charge in [0.1, 0.15) is 23.6 Å². The number of fused-ring (bicyclic) bond motifs is 2. The Labute approximate surface area is 354 Å². The van der Waals surface area contributed by atoms with Gasteiger partial charge in [-0.25, -0.2) is 19.9 Å². The third kappa shape index (κ3) is 7.90. The second-order valence-electron chi connectivity index (χ2n) is 16.6. The Morgan fingerprint density at radius 1 is 0.855 bits per heavy atom. The smallest absolute Gasteiger partial charge is 0.278 e. The Morgan fingerprint density at radius 3 is 2.40 bits per heavy atom. The van der Waals surface area contributed by atoms with Crippen molar-refractivity contribution in [2.45, 2.75) is 56.7 Å². The fourth-order valence-corrected chi connectivity index (χ4v) is 9.12. The molecule has 6 aromatic rings. The molecule has 10 rings (SSSR count). The molecule has 4 aromatic heterocycles. The highest BCUT2D eigenvalue weighted by Gasteiger charge is 2.34. The zero-order valence-corrected chi connectivity index (χ0v) is 33.9. The number of benzene rings is 2. The first kappa shape index (κ1) is 39.3. The number of rotatable bonds is 10. The number of halogens is 1. The van der Waals surface area contributed by atoms with Crippen LogP contribution in [0, 0.1) is 11.9 Å². The lowest BCUT2D eigenvalue weighted by Gasteiger charge is -2.40. The summed E-state index contributed by atoms with van der Waals surface area (Å²) >= 11 is 0. The quantitative estimate of drug-likeness (QED) is 0.134. The highest BCUT2D eigenvalue weighted by atomic mass is 19.1. The first-order chi connectivity index (χ1) is 30.2. The number of carbonyl (C=O) groups excluding carboxylic acids is 3. The van der Waals surface area contributed by atoms with E-state index in [0.29, 0.717) is 46.6 Å². The highest BCUT2D eigenvalue weighted by Crippen LogP contribution is 2.36. The number of nitrogens with zero attached hydrogens (tertiary/aromatic N) is 11. The fourth-order valence-electron chi connectivity index (χ4n) is 9.12. The second-order valence-corrected chi connectivity index (χ2v) is 16.6. The Morgan fingerprint density at radius 2 is 1.63 bits per heavy atom. The van der Waals surface area contributed by atoms with E-state index in [2.05, 4.69) is 85.2 Å². The lowest BCUT2D eigenvalue weighted by molar-refractivity contribution is -0.136. The minimum absolute atomic E-state index is 0.0524. The number of aromatic nitrogens is 8. The third-order valence-corrected chi connectivity index (χ3v) is 12.7. The minimum Gasteiger partial charge on any atom is -0.371 e. The molecule has 0 bridgehead atoms. The van der Waals surface area contributed by atoms with Crippen molar-refractivity contribution in [1.29, 1.82) is 0 Å². The van der Waals surface area contributed by atoms with Crippen LogP contribution in [0.4, 0.5) is 27.3 Å². The molecule has 2 aromatic carbocycles. The topological polar surface area (TPSA) is 201 Å². The van der Waals surface area contributed by atoms with Gasteiger partial charge in [-0.1, -0.05) is 11.3 Å². The molecule has 318 valence electrons. The summed E-state index contributed by atoms with van der Waals surface area (Å²) in [6, 6.07) is 17.4. The lowest BCUT2D eigenvalue weighted by atomic mass is 9.86. The van der Waals surface area contributed by atoms with E-state index in [1.165, 1.54) is 30.2 Å². The summed E-state index contributed by atoms with van der Waals surface area (Å²) in [6.07, 6.45) is 7.18. The minimum atomic E-state index is -0.850. The zero-order chi connectivity index (χ0) is 42.3. The van der Waals surface area contributed by atoms with Crippen LogP contribution in [0.25, 0.3) is 22.1 Å². The molecule has 1 aliphatic carbocycles. The number of piperazine rings is 1. The summed E-state index contributed by atoms with van der Waals surface area (Å²) < 4.78 is 16.6. The van der Waals surface area contributed by atoms with E-state index < -0.39 is 17.9 Å². The van der Waals surface area contributed by atoms with E-state index in [-0.39, 0.29) is 48.0 Å². The zero-order valence-electron chi connectivity index (χ0n) is 33.9. The van der Waals surface area contributed by atoms with Crippen LogP contribution in [0.1, 0.15) is 61.1 Å². The summed E-state index contributed by atoms with van der Waals surface area (Å²) in [4.78, 5) is 74.6. The van der Waals surface area contributed by atoms with Crippen LogP contribution in [0.5, 0.6) is 0 Å². The van der Waals surface area contributed by atoms with Crippen molar-refractivity contribution in [3.05, 3.63) is 95.3 Å². The van der Waals surface area contributed by atoms with Crippen LogP contribution in [0.15, 0.2) is 78.1 Å². The summed E-state index contributed by atoms with van der Waals surface area (Å²) in [5.74, 6) is -0.741. The van der Waals surface area contributed by atoms with Crippen molar-refractivity contribution < 1.29 is 18.8 Å². The summed E-state index contributed by atoms with van der Waals surface area (Å²) in [6.45, 7) is 6.71. The maximum Gasteiger partial charge on any atom is 0.278 e. The van der Waals surface area contributed by atoms with Gasteiger partial charge in [-0.3, -0.25) is 29.4 Å². The fraction of sp³-hybridized carbons (Fsp3) is 0.395. The number of piperidine rings is 2. The number of amides is 3. The van der Waals surface area contributed by atoms with Gasteiger partial charge >= 0.3 is 0 Å². The molecule has 4 fully saturated rings. The second kappa shape index (κ2) is 16.5. The van der Waals surface area contributed by atoms with E-state index >= 15 is 0 Å². The summed E-state index contributed by atoms with van der Waals surface area (Å²) in [5, 5.41) is 17.3. The van der Waals surface area contributed by atoms with Crippen molar-refractivity contribution in [1.82, 2.24) is 55.0 Å². The van der Waals surface area contributed by atoms with Gasteiger partial charge in [-0.15, -0.1) is 5.10 Å². The number of nitrogens with one attached hydrogen (secondary N) is 3. The number of carbonyl (C=O) groups is 3. The molecule has 0 spiro atoms. The molecule has 0 radical (unpaired) electrons. The predicted molar refractivity (Wildman–Crippen MR) is 228 cm³/mol. The van der Waals surface area contributed by atoms with E-state index in [9.17, 15) is 23.6 Å². The summed E-state index contributed by atoms with van der Waals surface area (Å²) in [5.41, 5.74) is 4.56. The molecule has 3 saturated heterocycles. The van der Waals surface area contributed by atoms with E-state index in [0.717, 1.165) is 74.7 Å². The van der Waals surface area contributed by atoms with E-state index in [4.69, 9.17) is 0 Å². The van der Waals surface area contributed by atoms with Gasteiger partial charge in [-0.05, 0) is 92.6 Å². The van der Waals surface area contributed by atoms with Gasteiger partial charge in [0.2, 0.25) is 11.9 Å². The monoisotopic (exact) mass is 840 g/mol. The Hall–Kier alpha value is -6.89. The maximum atomic E-state index is 13.5. The van der Waals surface area contributed by atoms with E-state index in [1.54, 1.807) is 6.33 Å². The molecule has 1 saturated carbocycles. The van der Waals surface area contributed by atoms with Gasteiger partial charge < -0.3 is 25.0 Å². The van der Waals surface area contributed by atoms with Gasteiger partial charge in [0.25, 0.3) is 17.4 Å². The van der Waals surface area contributed by atoms with Crippen molar-refractivity contribution in [3.8, 4) is 0 Å². The SMILES string of the molecule is O=C1CCC(n2nnc3ccc(N4CCC(CN5CCN(c6ccc(Nc7ncnc8c7ncn8C7CC(NC(=O)c8cccc(F)n8)C7)cc6)CC5)CC4)cc3c2=O)C(=O)N1. The molecule has 1 unspecified atom stereocenters. The van der Waals surface area contributed by atoms with E-state index in [1.807, 2.05) is 22.8 Å². The molecular weight excluding hydrogens is 796 g/mol. The lowest BCUT2D eigenvalue weighted by Crippen LogP contribution is -2.49. The average Bonchev–Trinajstić information content (AvgIpc) is 3.70. The number of hydrogen-bond donors (Lipinski definition) is 3. The normalized spacial score (nSPS) is 21.2. The molecule has 18 nitrogen and oxygen atoms in total. The molecule has 19 heteroatoms. The molecule has 7 heterocycles. The van der Waals surface area contributed by atoms with Crippen LogP contribution in [-0.2, 0) is 9.59 Å². The molecule has 3 aliphatic heterocycles.